The number of nitrogens with zero attached hydrogens (tertiary/aromatic N) is 3. The van der Waals surface area contributed by atoms with Crippen LogP contribution in [0.5, 0.6) is 0 Å². The fraction of sp³-hybridized carbons (Fsp3) is 0.263. The maximum Gasteiger partial charge on any atom is 0.128 e. The Balaban J connectivity index is 1.73. The zero-order valence-corrected chi connectivity index (χ0v) is 13.8. The number of para-hydroxylation sites is 1. The molecule has 0 saturated carbocycles. The molecule has 4 rings (SSSR count). The predicted molar refractivity (Wildman–Crippen MR) is 99.2 cm³/mol. The van der Waals surface area contributed by atoms with Gasteiger partial charge in [-0.2, -0.15) is 0 Å². The van der Waals surface area contributed by atoms with E-state index >= 15 is 0 Å². The van der Waals surface area contributed by atoms with E-state index in [9.17, 15) is 0 Å². The fourth-order valence-corrected chi connectivity index (χ4v) is 3.22. The SMILES string of the molecule is Cc1c(-c2ccc(N3CCNCC3)nc2)nc2ccccc2c1N. The summed E-state index contributed by atoms with van der Waals surface area (Å²) in [4.78, 5) is 11.8. The van der Waals surface area contributed by atoms with Crippen LogP contribution in [0.4, 0.5) is 11.5 Å². The van der Waals surface area contributed by atoms with Gasteiger partial charge in [0.25, 0.3) is 0 Å². The van der Waals surface area contributed by atoms with E-state index in [2.05, 4.69) is 27.3 Å². The molecule has 1 saturated heterocycles. The van der Waals surface area contributed by atoms with Crippen molar-refractivity contribution in [1.82, 2.24) is 15.3 Å². The lowest BCUT2D eigenvalue weighted by Crippen LogP contribution is -2.43. The monoisotopic (exact) mass is 319 g/mol. The van der Waals surface area contributed by atoms with Gasteiger partial charge < -0.3 is 16.0 Å². The molecule has 1 aliphatic rings. The Morgan fingerprint density at radius 2 is 1.88 bits per heavy atom. The molecule has 2 aromatic heterocycles. The van der Waals surface area contributed by atoms with Crippen molar-refractivity contribution in [3.05, 3.63) is 48.2 Å². The van der Waals surface area contributed by atoms with Crippen molar-refractivity contribution in [1.29, 1.82) is 0 Å². The van der Waals surface area contributed by atoms with Crippen LogP contribution in [0, 0.1) is 6.92 Å². The summed E-state index contributed by atoms with van der Waals surface area (Å²) in [7, 11) is 0. The van der Waals surface area contributed by atoms with Gasteiger partial charge in [0.1, 0.15) is 5.82 Å². The minimum Gasteiger partial charge on any atom is -0.398 e. The molecule has 0 amide bonds. The summed E-state index contributed by atoms with van der Waals surface area (Å²) in [6.45, 7) is 6.02. The molecule has 0 atom stereocenters. The molecule has 0 bridgehead atoms. The molecule has 1 fully saturated rings. The summed E-state index contributed by atoms with van der Waals surface area (Å²) in [5, 5.41) is 4.36. The molecule has 0 spiro atoms. The van der Waals surface area contributed by atoms with Crippen LogP contribution in [0.1, 0.15) is 5.56 Å². The Kier molecular flexibility index (Phi) is 3.78. The van der Waals surface area contributed by atoms with Gasteiger partial charge in [-0.15, -0.1) is 0 Å². The van der Waals surface area contributed by atoms with E-state index in [0.717, 1.165) is 65.4 Å². The standard InChI is InChI=1S/C19H21N5/c1-13-18(20)15-4-2-3-5-16(15)23-19(13)14-6-7-17(22-12-14)24-10-8-21-9-11-24/h2-7,12,21H,8-11H2,1H3,(H2,20,23). The van der Waals surface area contributed by atoms with Gasteiger partial charge in [0, 0.05) is 49.0 Å². The van der Waals surface area contributed by atoms with Crippen molar-refractivity contribution in [3.63, 3.8) is 0 Å². The number of benzene rings is 1. The van der Waals surface area contributed by atoms with E-state index in [1.165, 1.54) is 0 Å². The molecule has 3 heterocycles. The van der Waals surface area contributed by atoms with Crippen molar-refractivity contribution >= 4 is 22.4 Å². The zero-order chi connectivity index (χ0) is 16.5. The lowest BCUT2D eigenvalue weighted by atomic mass is 10.0. The van der Waals surface area contributed by atoms with Gasteiger partial charge in [-0.05, 0) is 30.7 Å². The van der Waals surface area contributed by atoms with Crippen LogP contribution in [0.3, 0.4) is 0 Å². The molecule has 3 N–H and O–H groups in total. The van der Waals surface area contributed by atoms with E-state index in [-0.39, 0.29) is 0 Å². The number of piperazine rings is 1. The van der Waals surface area contributed by atoms with Crippen LogP contribution in [-0.4, -0.2) is 36.1 Å². The Morgan fingerprint density at radius 1 is 1.08 bits per heavy atom. The zero-order valence-electron chi connectivity index (χ0n) is 13.8. The normalized spacial score (nSPS) is 15.0. The largest absolute Gasteiger partial charge is 0.398 e. The number of aromatic nitrogens is 2. The highest BCUT2D eigenvalue weighted by atomic mass is 15.2. The van der Waals surface area contributed by atoms with Crippen molar-refractivity contribution in [3.8, 4) is 11.3 Å². The molecule has 0 radical (unpaired) electrons. The fourth-order valence-electron chi connectivity index (χ4n) is 3.22. The van der Waals surface area contributed by atoms with Crippen molar-refractivity contribution in [2.45, 2.75) is 6.92 Å². The highest BCUT2D eigenvalue weighted by molar-refractivity contribution is 5.94. The van der Waals surface area contributed by atoms with Crippen LogP contribution in [0.2, 0.25) is 0 Å². The summed E-state index contributed by atoms with van der Waals surface area (Å²) in [5.74, 6) is 1.02. The van der Waals surface area contributed by atoms with Crippen LogP contribution in [0.15, 0.2) is 42.6 Å². The van der Waals surface area contributed by atoms with Crippen molar-refractivity contribution in [2.24, 2.45) is 0 Å². The number of pyridine rings is 2. The topological polar surface area (TPSA) is 67.1 Å². The maximum absolute atomic E-state index is 6.33. The minimum absolute atomic E-state index is 0.793. The number of hydrogen-bond donors (Lipinski definition) is 2. The van der Waals surface area contributed by atoms with Gasteiger partial charge in [0.2, 0.25) is 0 Å². The molecule has 1 aromatic carbocycles. The maximum atomic E-state index is 6.33. The summed E-state index contributed by atoms with van der Waals surface area (Å²) in [6, 6.07) is 12.2. The Morgan fingerprint density at radius 3 is 2.62 bits per heavy atom. The quantitative estimate of drug-likeness (QED) is 0.760. The highest BCUT2D eigenvalue weighted by Crippen LogP contribution is 2.31. The first-order chi connectivity index (χ1) is 11.7. The van der Waals surface area contributed by atoms with Crippen LogP contribution >= 0.6 is 0 Å². The Labute approximate surface area is 141 Å². The van der Waals surface area contributed by atoms with E-state index in [1.54, 1.807) is 0 Å². The number of anilines is 2. The average molecular weight is 319 g/mol. The molecule has 122 valence electrons. The molecule has 0 aliphatic carbocycles. The van der Waals surface area contributed by atoms with Gasteiger partial charge >= 0.3 is 0 Å². The van der Waals surface area contributed by atoms with Crippen LogP contribution < -0.4 is 16.0 Å². The van der Waals surface area contributed by atoms with Gasteiger partial charge in [0.15, 0.2) is 0 Å². The third kappa shape index (κ3) is 2.57. The second-order valence-electron chi connectivity index (χ2n) is 6.16. The average Bonchev–Trinajstić information content (AvgIpc) is 2.66. The van der Waals surface area contributed by atoms with E-state index < -0.39 is 0 Å². The first-order valence-corrected chi connectivity index (χ1v) is 8.31. The van der Waals surface area contributed by atoms with Gasteiger partial charge in [-0.3, -0.25) is 0 Å². The molecule has 5 nitrogen and oxygen atoms in total. The number of hydrogen-bond acceptors (Lipinski definition) is 5. The summed E-state index contributed by atoms with van der Waals surface area (Å²) in [6.07, 6.45) is 1.90. The van der Waals surface area contributed by atoms with E-state index in [1.807, 2.05) is 37.4 Å². The first kappa shape index (κ1) is 14.9. The predicted octanol–water partition coefficient (Wildman–Crippen LogP) is 2.60. The second-order valence-corrected chi connectivity index (χ2v) is 6.16. The Hall–Kier alpha value is -2.66. The van der Waals surface area contributed by atoms with Crippen molar-refractivity contribution in [2.75, 3.05) is 36.8 Å². The summed E-state index contributed by atoms with van der Waals surface area (Å²) >= 11 is 0. The van der Waals surface area contributed by atoms with Gasteiger partial charge in [0.05, 0.1) is 11.2 Å². The molecule has 0 unspecified atom stereocenters. The third-order valence-electron chi connectivity index (χ3n) is 4.65. The van der Waals surface area contributed by atoms with Gasteiger partial charge in [-0.1, -0.05) is 18.2 Å². The van der Waals surface area contributed by atoms with Crippen LogP contribution in [-0.2, 0) is 0 Å². The number of nitrogen functional groups attached to an aromatic ring is 1. The third-order valence-corrected chi connectivity index (χ3v) is 4.65. The number of rotatable bonds is 2. The molecule has 1 aliphatic heterocycles. The highest BCUT2D eigenvalue weighted by Gasteiger charge is 2.14. The number of nitrogens with one attached hydrogen (secondary N) is 1. The van der Waals surface area contributed by atoms with Crippen molar-refractivity contribution < 1.29 is 0 Å². The molecule has 24 heavy (non-hydrogen) atoms. The number of fused-ring (bicyclic) bond motifs is 1. The Bertz CT molecular complexity index is 867. The van der Waals surface area contributed by atoms with Crippen LogP contribution in [0.25, 0.3) is 22.2 Å². The van der Waals surface area contributed by atoms with E-state index in [4.69, 9.17) is 10.7 Å². The molecule has 3 aromatic rings. The second kappa shape index (κ2) is 6.09. The summed E-state index contributed by atoms with van der Waals surface area (Å²) < 4.78 is 0. The minimum atomic E-state index is 0.793. The van der Waals surface area contributed by atoms with Gasteiger partial charge in [-0.25, -0.2) is 9.97 Å². The lowest BCUT2D eigenvalue weighted by Gasteiger charge is -2.28. The smallest absolute Gasteiger partial charge is 0.128 e. The van der Waals surface area contributed by atoms with E-state index in [0.29, 0.717) is 0 Å². The number of nitrogens with two attached hydrogens (primary N) is 1. The molecular formula is C19H21N5. The molecule has 5 heteroatoms. The summed E-state index contributed by atoms with van der Waals surface area (Å²) in [5.41, 5.74) is 11.0. The lowest BCUT2D eigenvalue weighted by molar-refractivity contribution is 0.585. The molecular weight excluding hydrogens is 298 g/mol. The first-order valence-electron chi connectivity index (χ1n) is 8.31.